The van der Waals surface area contributed by atoms with Crippen molar-refractivity contribution in [2.75, 3.05) is 20.2 Å². The SMILES string of the molecule is CC.CNCCO.O=[N+]([O-])c1ccc(N=Nc2ccccc2)cc1. The third kappa shape index (κ3) is 9.39. The van der Waals surface area contributed by atoms with Crippen molar-refractivity contribution < 1.29 is 10.0 Å². The maximum atomic E-state index is 10.4. The average Bonchev–Trinajstić information content (AvgIpc) is 2.64. The van der Waals surface area contributed by atoms with Crippen LogP contribution >= 0.6 is 0 Å². The molecule has 0 saturated heterocycles. The van der Waals surface area contributed by atoms with Gasteiger partial charge in [-0.05, 0) is 31.3 Å². The molecule has 130 valence electrons. The van der Waals surface area contributed by atoms with Crippen molar-refractivity contribution in [1.29, 1.82) is 0 Å². The largest absolute Gasteiger partial charge is 0.395 e. The van der Waals surface area contributed by atoms with Crippen LogP contribution in [-0.4, -0.2) is 30.2 Å². The Hall–Kier alpha value is -2.64. The highest BCUT2D eigenvalue weighted by Gasteiger charge is 2.02. The Morgan fingerprint density at radius 1 is 1.00 bits per heavy atom. The lowest BCUT2D eigenvalue weighted by atomic mass is 10.3. The van der Waals surface area contributed by atoms with E-state index in [1.807, 2.05) is 44.2 Å². The standard InChI is InChI=1S/C12H9N3O2.C3H9NO.C2H6/c16-15(17)12-8-6-11(7-9-12)14-13-10-4-2-1-3-5-10;1-4-2-3-5;1-2/h1-9H;4-5H,2-3H2,1H3;1-2H3. The second-order valence-electron chi connectivity index (χ2n) is 4.14. The number of nitrogens with one attached hydrogen (secondary N) is 1. The molecule has 2 rings (SSSR count). The summed E-state index contributed by atoms with van der Waals surface area (Å²) >= 11 is 0. The van der Waals surface area contributed by atoms with Gasteiger partial charge in [-0.3, -0.25) is 10.1 Å². The third-order valence-electron chi connectivity index (χ3n) is 2.46. The molecular formula is C17H24N4O3. The van der Waals surface area contributed by atoms with Gasteiger partial charge in [0.1, 0.15) is 0 Å². The van der Waals surface area contributed by atoms with E-state index in [4.69, 9.17) is 5.11 Å². The van der Waals surface area contributed by atoms with E-state index in [1.54, 1.807) is 19.2 Å². The molecular weight excluding hydrogens is 308 g/mol. The van der Waals surface area contributed by atoms with E-state index in [0.717, 1.165) is 5.69 Å². The van der Waals surface area contributed by atoms with E-state index in [0.29, 0.717) is 12.2 Å². The molecule has 0 aromatic heterocycles. The Kier molecular flexibility index (Phi) is 12.4. The van der Waals surface area contributed by atoms with Crippen LogP contribution in [0.25, 0.3) is 0 Å². The number of nitro benzene ring substituents is 1. The van der Waals surface area contributed by atoms with Crippen molar-refractivity contribution in [3.8, 4) is 0 Å². The van der Waals surface area contributed by atoms with Crippen molar-refractivity contribution in [1.82, 2.24) is 5.32 Å². The Morgan fingerprint density at radius 2 is 1.50 bits per heavy atom. The number of aliphatic hydroxyl groups excluding tert-OH is 1. The van der Waals surface area contributed by atoms with Crippen LogP contribution in [0.5, 0.6) is 0 Å². The molecule has 0 amide bonds. The van der Waals surface area contributed by atoms with Gasteiger partial charge in [-0.1, -0.05) is 32.0 Å². The molecule has 0 heterocycles. The first kappa shape index (κ1) is 21.4. The van der Waals surface area contributed by atoms with Crippen LogP contribution in [0.3, 0.4) is 0 Å². The summed E-state index contributed by atoms with van der Waals surface area (Å²) in [5.41, 5.74) is 1.37. The molecule has 0 saturated carbocycles. The second-order valence-corrected chi connectivity index (χ2v) is 4.14. The fourth-order valence-electron chi connectivity index (χ4n) is 1.36. The first-order valence-electron chi connectivity index (χ1n) is 7.64. The highest BCUT2D eigenvalue weighted by Crippen LogP contribution is 2.20. The van der Waals surface area contributed by atoms with Gasteiger partial charge in [0, 0.05) is 18.7 Å². The van der Waals surface area contributed by atoms with Gasteiger partial charge in [0.2, 0.25) is 0 Å². The zero-order valence-corrected chi connectivity index (χ0v) is 14.2. The molecule has 0 radical (unpaired) electrons. The van der Waals surface area contributed by atoms with Crippen molar-refractivity contribution in [2.45, 2.75) is 13.8 Å². The van der Waals surface area contributed by atoms with Gasteiger partial charge in [-0.15, -0.1) is 0 Å². The summed E-state index contributed by atoms with van der Waals surface area (Å²) in [6.45, 7) is 4.93. The molecule has 2 N–H and O–H groups in total. The topological polar surface area (TPSA) is 100 Å². The van der Waals surface area contributed by atoms with Crippen LogP contribution in [0.1, 0.15) is 13.8 Å². The molecule has 0 aliphatic heterocycles. The maximum absolute atomic E-state index is 10.4. The molecule has 7 heteroatoms. The number of nitro groups is 1. The minimum Gasteiger partial charge on any atom is -0.395 e. The van der Waals surface area contributed by atoms with Gasteiger partial charge < -0.3 is 10.4 Å². The predicted octanol–water partition coefficient (Wildman–Crippen LogP) is 4.23. The molecule has 24 heavy (non-hydrogen) atoms. The zero-order chi connectivity index (χ0) is 18.2. The Bertz CT molecular complexity index is 585. The van der Waals surface area contributed by atoms with E-state index in [2.05, 4.69) is 15.5 Å². The number of rotatable bonds is 5. The normalized spacial score (nSPS) is 9.50. The number of benzene rings is 2. The summed E-state index contributed by atoms with van der Waals surface area (Å²) in [6.07, 6.45) is 0. The Morgan fingerprint density at radius 3 is 1.88 bits per heavy atom. The van der Waals surface area contributed by atoms with Crippen molar-refractivity contribution in [3.05, 3.63) is 64.7 Å². The highest BCUT2D eigenvalue weighted by molar-refractivity contribution is 5.44. The molecule has 0 atom stereocenters. The van der Waals surface area contributed by atoms with Crippen molar-refractivity contribution in [3.63, 3.8) is 0 Å². The summed E-state index contributed by atoms with van der Waals surface area (Å²) in [4.78, 5) is 10.00. The summed E-state index contributed by atoms with van der Waals surface area (Å²) in [5.74, 6) is 0. The lowest BCUT2D eigenvalue weighted by Gasteiger charge is -1.93. The number of likely N-dealkylation sites (N-methyl/N-ethyl adjacent to an activating group) is 1. The molecule has 0 fully saturated rings. The van der Waals surface area contributed by atoms with Crippen molar-refractivity contribution in [2.24, 2.45) is 10.2 Å². The van der Waals surface area contributed by atoms with E-state index in [9.17, 15) is 10.1 Å². The van der Waals surface area contributed by atoms with Crippen LogP contribution in [0.2, 0.25) is 0 Å². The van der Waals surface area contributed by atoms with Gasteiger partial charge in [0.25, 0.3) is 5.69 Å². The molecule has 7 nitrogen and oxygen atoms in total. The molecule has 0 unspecified atom stereocenters. The average molecular weight is 332 g/mol. The second kappa shape index (κ2) is 14.0. The van der Waals surface area contributed by atoms with E-state index in [1.165, 1.54) is 12.1 Å². The van der Waals surface area contributed by atoms with E-state index in [-0.39, 0.29) is 12.3 Å². The molecule has 0 bridgehead atoms. The first-order chi connectivity index (χ1) is 11.7. The Labute approximate surface area is 142 Å². The van der Waals surface area contributed by atoms with Crippen LogP contribution in [0.4, 0.5) is 17.1 Å². The highest BCUT2D eigenvalue weighted by atomic mass is 16.6. The lowest BCUT2D eigenvalue weighted by Crippen LogP contribution is -2.10. The predicted molar refractivity (Wildman–Crippen MR) is 96.1 cm³/mol. The van der Waals surface area contributed by atoms with Crippen LogP contribution in [0, 0.1) is 10.1 Å². The summed E-state index contributed by atoms with van der Waals surface area (Å²) < 4.78 is 0. The minimum absolute atomic E-state index is 0.0451. The number of hydrogen-bond acceptors (Lipinski definition) is 6. The maximum Gasteiger partial charge on any atom is 0.269 e. The van der Waals surface area contributed by atoms with Gasteiger partial charge in [-0.25, -0.2) is 0 Å². The molecule has 0 spiro atoms. The molecule has 0 aliphatic carbocycles. The Balaban J connectivity index is 0.000000650. The zero-order valence-electron chi connectivity index (χ0n) is 14.2. The quantitative estimate of drug-likeness (QED) is 0.486. The summed E-state index contributed by atoms with van der Waals surface area (Å²) in [5, 5.41) is 29.2. The van der Waals surface area contributed by atoms with Crippen molar-refractivity contribution >= 4 is 17.1 Å². The fourth-order valence-corrected chi connectivity index (χ4v) is 1.36. The molecule has 2 aromatic carbocycles. The third-order valence-corrected chi connectivity index (χ3v) is 2.46. The van der Waals surface area contributed by atoms with E-state index < -0.39 is 4.92 Å². The van der Waals surface area contributed by atoms with Crippen LogP contribution in [0.15, 0.2) is 64.8 Å². The smallest absolute Gasteiger partial charge is 0.269 e. The number of aliphatic hydroxyl groups is 1. The van der Waals surface area contributed by atoms with Gasteiger partial charge in [0.05, 0.1) is 22.9 Å². The van der Waals surface area contributed by atoms with Crippen LogP contribution in [-0.2, 0) is 0 Å². The first-order valence-corrected chi connectivity index (χ1v) is 7.64. The monoisotopic (exact) mass is 332 g/mol. The summed E-state index contributed by atoms with van der Waals surface area (Å²) in [7, 11) is 1.80. The van der Waals surface area contributed by atoms with Gasteiger partial charge in [-0.2, -0.15) is 10.2 Å². The number of azo groups is 1. The molecule has 0 aliphatic rings. The minimum atomic E-state index is -0.446. The van der Waals surface area contributed by atoms with Crippen LogP contribution < -0.4 is 5.32 Å². The fraction of sp³-hybridized carbons (Fsp3) is 0.294. The number of hydrogen-bond donors (Lipinski definition) is 2. The molecule has 2 aromatic rings. The number of non-ortho nitro benzene ring substituents is 1. The van der Waals surface area contributed by atoms with E-state index >= 15 is 0 Å². The number of nitrogens with zero attached hydrogens (tertiary/aromatic N) is 3. The lowest BCUT2D eigenvalue weighted by molar-refractivity contribution is -0.384. The van der Waals surface area contributed by atoms with Gasteiger partial charge in [0.15, 0.2) is 0 Å². The summed E-state index contributed by atoms with van der Waals surface area (Å²) in [6, 6.07) is 15.2. The van der Waals surface area contributed by atoms with Gasteiger partial charge >= 0.3 is 0 Å².